The summed E-state index contributed by atoms with van der Waals surface area (Å²) in [5.74, 6) is 0.465. The molecule has 3 heterocycles. The lowest BCUT2D eigenvalue weighted by atomic mass is 10.0. The number of carbonyl (C=O) groups excluding carboxylic acids is 2. The molecule has 3 aliphatic rings. The van der Waals surface area contributed by atoms with E-state index < -0.39 is 0 Å². The van der Waals surface area contributed by atoms with Gasteiger partial charge in [0.05, 0.1) is 10.7 Å². The average Bonchev–Trinajstić information content (AvgIpc) is 3.16. The largest absolute Gasteiger partial charge is 0.308 e. The third kappa shape index (κ3) is 6.44. The van der Waals surface area contributed by atoms with Crippen molar-refractivity contribution in [2.45, 2.75) is 62.4 Å². The molecule has 37 heavy (non-hydrogen) atoms. The van der Waals surface area contributed by atoms with E-state index in [1.807, 2.05) is 61.2 Å². The topological polar surface area (TPSA) is 47.1 Å². The zero-order chi connectivity index (χ0) is 26.5. The SMILES string of the molecule is CC(Br)C(=O)N(c1ccccc1)C1CCN(C)CC1.CC1C(=O)N(C2CCN(C)CC2)c2ccccc21. The smallest absolute Gasteiger partial charge is 0.240 e. The Hall–Kier alpha value is -2.22. The molecule has 2 saturated heterocycles. The van der Waals surface area contributed by atoms with Gasteiger partial charge in [-0.05, 0) is 104 Å². The van der Waals surface area contributed by atoms with Crippen LogP contribution in [0.25, 0.3) is 0 Å². The summed E-state index contributed by atoms with van der Waals surface area (Å²) in [5.41, 5.74) is 3.35. The highest BCUT2D eigenvalue weighted by atomic mass is 79.9. The number of amides is 2. The summed E-state index contributed by atoms with van der Waals surface area (Å²) in [6.07, 6.45) is 4.25. The van der Waals surface area contributed by atoms with Gasteiger partial charge in [0.1, 0.15) is 0 Å². The maximum absolute atomic E-state index is 12.5. The molecule has 2 atom stereocenters. The lowest BCUT2D eigenvalue weighted by Crippen LogP contribution is -2.48. The van der Waals surface area contributed by atoms with Crippen molar-refractivity contribution in [3.63, 3.8) is 0 Å². The second kappa shape index (κ2) is 12.5. The molecular formula is C30H41BrN4O2. The van der Waals surface area contributed by atoms with E-state index in [1.165, 1.54) is 5.56 Å². The fourth-order valence-corrected chi connectivity index (χ4v) is 5.94. The molecule has 2 amide bonds. The van der Waals surface area contributed by atoms with Gasteiger partial charge in [0.25, 0.3) is 0 Å². The Kier molecular flexibility index (Phi) is 9.43. The first kappa shape index (κ1) is 27.8. The van der Waals surface area contributed by atoms with Crippen LogP contribution < -0.4 is 9.80 Å². The maximum atomic E-state index is 12.5. The van der Waals surface area contributed by atoms with Crippen molar-refractivity contribution >= 4 is 39.1 Å². The van der Waals surface area contributed by atoms with Crippen LogP contribution in [0.2, 0.25) is 0 Å². The van der Waals surface area contributed by atoms with Gasteiger partial charge in [-0.1, -0.05) is 52.3 Å². The third-order valence-corrected chi connectivity index (χ3v) is 8.38. The number of piperidine rings is 2. The van der Waals surface area contributed by atoms with Crippen molar-refractivity contribution in [3.8, 4) is 0 Å². The number of likely N-dealkylation sites (tertiary alicyclic amines) is 2. The quantitative estimate of drug-likeness (QED) is 0.480. The van der Waals surface area contributed by atoms with Crippen molar-refractivity contribution in [2.75, 3.05) is 50.1 Å². The van der Waals surface area contributed by atoms with Gasteiger partial charge in [0.15, 0.2) is 0 Å². The fraction of sp³-hybridized carbons (Fsp3) is 0.533. The summed E-state index contributed by atoms with van der Waals surface area (Å²) < 4.78 is 0. The number of anilines is 2. The van der Waals surface area contributed by atoms with E-state index in [9.17, 15) is 9.59 Å². The fourth-order valence-electron chi connectivity index (χ4n) is 5.71. The van der Waals surface area contributed by atoms with Crippen molar-refractivity contribution in [2.24, 2.45) is 0 Å². The molecule has 3 aliphatic heterocycles. The number of nitrogens with zero attached hydrogens (tertiary/aromatic N) is 4. The highest BCUT2D eigenvalue weighted by Crippen LogP contribution is 2.39. The van der Waals surface area contributed by atoms with Gasteiger partial charge in [0.2, 0.25) is 11.8 Å². The molecule has 0 aliphatic carbocycles. The Morgan fingerprint density at radius 2 is 1.43 bits per heavy atom. The van der Waals surface area contributed by atoms with Crippen LogP contribution in [0.1, 0.15) is 51.0 Å². The van der Waals surface area contributed by atoms with Crippen molar-refractivity contribution < 1.29 is 9.59 Å². The normalized spacial score (nSPS) is 22.2. The average molecular weight is 570 g/mol. The minimum Gasteiger partial charge on any atom is -0.308 e. The predicted octanol–water partition coefficient (Wildman–Crippen LogP) is 5.13. The number of hydrogen-bond acceptors (Lipinski definition) is 4. The number of halogens is 1. The van der Waals surface area contributed by atoms with Crippen LogP contribution in [0, 0.1) is 0 Å². The second-order valence-electron chi connectivity index (χ2n) is 10.7. The minimum atomic E-state index is -0.146. The third-order valence-electron chi connectivity index (χ3n) is 7.99. The van der Waals surface area contributed by atoms with Crippen molar-refractivity contribution in [3.05, 3.63) is 60.2 Å². The summed E-state index contributed by atoms with van der Waals surface area (Å²) in [6, 6.07) is 18.9. The molecule has 2 aromatic carbocycles. The summed E-state index contributed by atoms with van der Waals surface area (Å²) in [5, 5.41) is 0. The highest BCUT2D eigenvalue weighted by Gasteiger charge is 2.38. The summed E-state index contributed by atoms with van der Waals surface area (Å²) in [4.78, 5) is 33.5. The molecule has 2 aromatic rings. The molecule has 5 rings (SSSR count). The molecule has 200 valence electrons. The number of carbonyl (C=O) groups is 2. The van der Waals surface area contributed by atoms with Crippen LogP contribution in [-0.2, 0) is 9.59 Å². The van der Waals surface area contributed by atoms with Crippen LogP contribution in [0.3, 0.4) is 0 Å². The Labute approximate surface area is 230 Å². The zero-order valence-corrected chi connectivity index (χ0v) is 24.2. The van der Waals surface area contributed by atoms with E-state index in [1.54, 1.807) is 0 Å². The summed E-state index contributed by atoms with van der Waals surface area (Å²) >= 11 is 3.41. The standard InChI is InChI=1S/C15H21BrN2O.C15H20N2O/c1-12(16)15(19)18(13-6-4-3-5-7-13)14-8-10-17(2)11-9-14;1-11-13-5-3-4-6-14(13)17(15(11)18)12-7-9-16(2)10-8-12/h3-7,12,14H,8-11H2,1-2H3;3-6,11-12H,7-10H2,1-2H3. The molecule has 0 aromatic heterocycles. The number of rotatable bonds is 4. The van der Waals surface area contributed by atoms with E-state index in [-0.39, 0.29) is 22.6 Å². The Bertz CT molecular complexity index is 1050. The van der Waals surface area contributed by atoms with Gasteiger partial charge in [0, 0.05) is 23.5 Å². The molecule has 7 heteroatoms. The first-order chi connectivity index (χ1) is 17.8. The van der Waals surface area contributed by atoms with E-state index in [2.05, 4.69) is 56.9 Å². The minimum absolute atomic E-state index is 0.0286. The van der Waals surface area contributed by atoms with Crippen molar-refractivity contribution in [1.82, 2.24) is 9.80 Å². The van der Waals surface area contributed by atoms with Gasteiger partial charge < -0.3 is 19.6 Å². The number of hydrogen-bond donors (Lipinski definition) is 0. The molecule has 0 radical (unpaired) electrons. The maximum Gasteiger partial charge on any atom is 0.240 e. The van der Waals surface area contributed by atoms with E-state index in [0.717, 1.165) is 63.2 Å². The summed E-state index contributed by atoms with van der Waals surface area (Å²) in [6.45, 7) is 8.20. The van der Waals surface area contributed by atoms with Gasteiger partial charge >= 0.3 is 0 Å². The van der Waals surface area contributed by atoms with Crippen LogP contribution in [0.4, 0.5) is 11.4 Å². The van der Waals surface area contributed by atoms with Crippen LogP contribution >= 0.6 is 15.9 Å². The van der Waals surface area contributed by atoms with Gasteiger partial charge in [-0.2, -0.15) is 0 Å². The molecule has 0 bridgehead atoms. The number of fused-ring (bicyclic) bond motifs is 1. The van der Waals surface area contributed by atoms with Gasteiger partial charge in [-0.15, -0.1) is 0 Å². The Balaban J connectivity index is 0.000000173. The number of benzene rings is 2. The molecule has 2 fully saturated rings. The molecular weight excluding hydrogens is 528 g/mol. The highest BCUT2D eigenvalue weighted by molar-refractivity contribution is 9.10. The Morgan fingerprint density at radius 1 is 0.892 bits per heavy atom. The molecule has 0 spiro atoms. The second-order valence-corrected chi connectivity index (χ2v) is 12.1. The van der Waals surface area contributed by atoms with Gasteiger partial charge in [-0.25, -0.2) is 0 Å². The molecule has 0 saturated carbocycles. The molecule has 6 nitrogen and oxygen atoms in total. The monoisotopic (exact) mass is 568 g/mol. The van der Waals surface area contributed by atoms with Crippen LogP contribution in [0.5, 0.6) is 0 Å². The molecule has 2 unspecified atom stereocenters. The van der Waals surface area contributed by atoms with E-state index in [4.69, 9.17) is 0 Å². The van der Waals surface area contributed by atoms with E-state index in [0.29, 0.717) is 12.1 Å². The first-order valence-corrected chi connectivity index (χ1v) is 14.5. The molecule has 0 N–H and O–H groups in total. The van der Waals surface area contributed by atoms with E-state index >= 15 is 0 Å². The number of para-hydroxylation sites is 2. The Morgan fingerprint density at radius 3 is 2.03 bits per heavy atom. The number of alkyl halides is 1. The van der Waals surface area contributed by atoms with Crippen molar-refractivity contribution in [1.29, 1.82) is 0 Å². The van der Waals surface area contributed by atoms with Crippen LogP contribution in [-0.4, -0.2) is 78.8 Å². The first-order valence-electron chi connectivity index (χ1n) is 13.6. The van der Waals surface area contributed by atoms with Gasteiger partial charge in [-0.3, -0.25) is 9.59 Å². The lowest BCUT2D eigenvalue weighted by Gasteiger charge is -2.38. The zero-order valence-electron chi connectivity index (χ0n) is 22.6. The predicted molar refractivity (Wildman–Crippen MR) is 156 cm³/mol. The summed E-state index contributed by atoms with van der Waals surface area (Å²) in [7, 11) is 4.29. The van der Waals surface area contributed by atoms with Crippen LogP contribution in [0.15, 0.2) is 54.6 Å². The lowest BCUT2D eigenvalue weighted by molar-refractivity contribution is -0.120.